The van der Waals surface area contributed by atoms with Gasteiger partial charge in [0, 0.05) is 18.5 Å². The van der Waals surface area contributed by atoms with Crippen molar-refractivity contribution in [3.05, 3.63) is 29.3 Å². The number of aromatic nitrogens is 4. The Hall–Kier alpha value is -1.69. The number of rotatable bonds is 5. The van der Waals surface area contributed by atoms with E-state index in [1.54, 1.807) is 0 Å². The van der Waals surface area contributed by atoms with E-state index >= 15 is 0 Å². The Balaban J connectivity index is 1.97. The van der Waals surface area contributed by atoms with Crippen LogP contribution in [0.4, 0.5) is 5.82 Å². The summed E-state index contributed by atoms with van der Waals surface area (Å²) in [5.41, 5.74) is 0.919. The molecule has 2 rings (SSSR count). The van der Waals surface area contributed by atoms with Crippen LogP contribution >= 0.6 is 11.6 Å². The largest absolute Gasteiger partial charge is 0.369 e. The van der Waals surface area contributed by atoms with Crippen LogP contribution in [0.5, 0.6) is 0 Å². The number of halogens is 1. The van der Waals surface area contributed by atoms with E-state index in [9.17, 15) is 0 Å². The summed E-state index contributed by atoms with van der Waals surface area (Å²) in [5.74, 6) is 1.42. The minimum absolute atomic E-state index is 0.490. The highest BCUT2D eigenvalue weighted by Crippen LogP contribution is 2.19. The third kappa shape index (κ3) is 2.91. The van der Waals surface area contributed by atoms with Crippen LogP contribution in [-0.4, -0.2) is 26.7 Å². The fraction of sp³-hybridized carbons (Fsp3) is 0.400. The van der Waals surface area contributed by atoms with Gasteiger partial charge in [-0.15, -0.1) is 0 Å². The molecule has 2 aromatic rings. The lowest BCUT2D eigenvalue weighted by atomic mass is 10.2. The first kappa shape index (κ1) is 11.8. The molecular weight excluding hydrogens is 242 g/mol. The van der Waals surface area contributed by atoms with Gasteiger partial charge in [0.25, 0.3) is 0 Å². The van der Waals surface area contributed by atoms with Crippen LogP contribution in [0.2, 0.25) is 5.15 Å². The standard InChI is InChI=1S/C10H12ClN5O/c1-2-7-9(11)13-5-14-10(7)12-4-3-8-15-6-17-16-8/h5-6H,2-4H2,1H3,(H,12,13,14). The Morgan fingerprint density at radius 2 is 2.24 bits per heavy atom. The SMILES string of the molecule is CCc1c(Cl)ncnc1NCCc1ncon1. The molecule has 2 heterocycles. The normalized spacial score (nSPS) is 10.5. The summed E-state index contributed by atoms with van der Waals surface area (Å²) in [6.45, 7) is 2.68. The molecule has 90 valence electrons. The summed E-state index contributed by atoms with van der Waals surface area (Å²) in [4.78, 5) is 12.0. The molecule has 0 saturated carbocycles. The van der Waals surface area contributed by atoms with E-state index in [1.807, 2.05) is 6.92 Å². The van der Waals surface area contributed by atoms with E-state index < -0.39 is 0 Å². The van der Waals surface area contributed by atoms with Gasteiger partial charge in [0.1, 0.15) is 17.3 Å². The van der Waals surface area contributed by atoms with Gasteiger partial charge in [0.15, 0.2) is 5.82 Å². The molecule has 0 amide bonds. The second-order valence-corrected chi connectivity index (χ2v) is 3.73. The van der Waals surface area contributed by atoms with Crippen LogP contribution in [0.15, 0.2) is 17.2 Å². The highest BCUT2D eigenvalue weighted by Gasteiger charge is 2.07. The van der Waals surface area contributed by atoms with E-state index in [0.717, 1.165) is 17.8 Å². The fourth-order valence-corrected chi connectivity index (χ4v) is 1.72. The van der Waals surface area contributed by atoms with Crippen LogP contribution in [0, 0.1) is 0 Å². The van der Waals surface area contributed by atoms with Crippen molar-refractivity contribution in [2.24, 2.45) is 0 Å². The van der Waals surface area contributed by atoms with Crippen molar-refractivity contribution in [2.45, 2.75) is 19.8 Å². The highest BCUT2D eigenvalue weighted by atomic mass is 35.5. The van der Waals surface area contributed by atoms with Crippen LogP contribution in [0.3, 0.4) is 0 Å². The number of nitrogens with zero attached hydrogens (tertiary/aromatic N) is 4. The van der Waals surface area contributed by atoms with Gasteiger partial charge in [-0.05, 0) is 6.42 Å². The monoisotopic (exact) mass is 253 g/mol. The van der Waals surface area contributed by atoms with E-state index in [2.05, 4.69) is 29.9 Å². The van der Waals surface area contributed by atoms with Gasteiger partial charge in [0.05, 0.1) is 0 Å². The zero-order valence-corrected chi connectivity index (χ0v) is 10.1. The van der Waals surface area contributed by atoms with Crippen LogP contribution in [0.1, 0.15) is 18.3 Å². The Bertz CT molecular complexity index is 474. The number of anilines is 1. The average molecular weight is 254 g/mol. The van der Waals surface area contributed by atoms with Crippen molar-refractivity contribution < 1.29 is 4.52 Å². The smallest absolute Gasteiger partial charge is 0.213 e. The second kappa shape index (κ2) is 5.58. The van der Waals surface area contributed by atoms with Crippen molar-refractivity contribution in [1.82, 2.24) is 20.1 Å². The maximum atomic E-state index is 5.98. The molecular formula is C10H12ClN5O. The maximum absolute atomic E-state index is 5.98. The number of nitrogens with one attached hydrogen (secondary N) is 1. The fourth-order valence-electron chi connectivity index (χ4n) is 1.45. The molecule has 0 aromatic carbocycles. The van der Waals surface area contributed by atoms with E-state index in [0.29, 0.717) is 23.9 Å². The summed E-state index contributed by atoms with van der Waals surface area (Å²) < 4.78 is 4.65. The molecule has 0 fully saturated rings. The predicted molar refractivity (Wildman–Crippen MR) is 62.9 cm³/mol. The summed E-state index contributed by atoms with van der Waals surface area (Å²) in [7, 11) is 0. The second-order valence-electron chi connectivity index (χ2n) is 3.37. The Kier molecular flexibility index (Phi) is 3.87. The Morgan fingerprint density at radius 1 is 1.35 bits per heavy atom. The zero-order chi connectivity index (χ0) is 12.1. The molecule has 1 N–H and O–H groups in total. The Labute approximate surface area is 103 Å². The molecule has 17 heavy (non-hydrogen) atoms. The maximum Gasteiger partial charge on any atom is 0.213 e. The van der Waals surface area contributed by atoms with Crippen LogP contribution in [0.25, 0.3) is 0 Å². The minimum Gasteiger partial charge on any atom is -0.369 e. The molecule has 0 unspecified atom stereocenters. The van der Waals surface area contributed by atoms with Gasteiger partial charge in [0.2, 0.25) is 6.39 Å². The molecule has 0 aliphatic carbocycles. The van der Waals surface area contributed by atoms with Gasteiger partial charge in [-0.3, -0.25) is 0 Å². The van der Waals surface area contributed by atoms with Gasteiger partial charge in [-0.2, -0.15) is 4.98 Å². The molecule has 0 saturated heterocycles. The zero-order valence-electron chi connectivity index (χ0n) is 9.35. The summed E-state index contributed by atoms with van der Waals surface area (Å²) in [5, 5.41) is 7.40. The van der Waals surface area contributed by atoms with Gasteiger partial charge >= 0.3 is 0 Å². The van der Waals surface area contributed by atoms with Gasteiger partial charge in [-0.25, -0.2) is 9.97 Å². The topological polar surface area (TPSA) is 76.7 Å². The first-order valence-corrected chi connectivity index (χ1v) is 5.67. The lowest BCUT2D eigenvalue weighted by Crippen LogP contribution is -2.10. The first-order chi connectivity index (χ1) is 8.31. The summed E-state index contributed by atoms with van der Waals surface area (Å²) >= 11 is 5.98. The molecule has 0 bridgehead atoms. The average Bonchev–Trinajstić information content (AvgIpc) is 2.82. The Morgan fingerprint density at radius 3 is 2.94 bits per heavy atom. The van der Waals surface area contributed by atoms with Gasteiger partial charge < -0.3 is 9.84 Å². The third-order valence-corrected chi connectivity index (χ3v) is 2.62. The van der Waals surface area contributed by atoms with E-state index in [1.165, 1.54) is 12.7 Å². The minimum atomic E-state index is 0.490. The summed E-state index contributed by atoms with van der Waals surface area (Å²) in [6, 6.07) is 0. The molecule has 6 nitrogen and oxygen atoms in total. The van der Waals surface area contributed by atoms with E-state index in [4.69, 9.17) is 11.6 Å². The molecule has 0 spiro atoms. The molecule has 0 aliphatic heterocycles. The first-order valence-electron chi connectivity index (χ1n) is 5.29. The lowest BCUT2D eigenvalue weighted by Gasteiger charge is -2.09. The number of hydrogen-bond donors (Lipinski definition) is 1. The molecule has 0 atom stereocenters. The van der Waals surface area contributed by atoms with Crippen LogP contribution < -0.4 is 5.32 Å². The van der Waals surface area contributed by atoms with Crippen molar-refractivity contribution in [3.63, 3.8) is 0 Å². The van der Waals surface area contributed by atoms with Crippen molar-refractivity contribution >= 4 is 17.4 Å². The molecule has 0 radical (unpaired) electrons. The quantitative estimate of drug-likeness (QED) is 0.818. The predicted octanol–water partition coefficient (Wildman–Crippen LogP) is 1.73. The van der Waals surface area contributed by atoms with Gasteiger partial charge in [-0.1, -0.05) is 23.7 Å². The number of hydrogen-bond acceptors (Lipinski definition) is 6. The molecule has 2 aromatic heterocycles. The molecule has 0 aliphatic rings. The van der Waals surface area contributed by atoms with E-state index in [-0.39, 0.29) is 0 Å². The van der Waals surface area contributed by atoms with Crippen molar-refractivity contribution in [3.8, 4) is 0 Å². The summed E-state index contributed by atoms with van der Waals surface area (Å²) in [6.07, 6.45) is 4.21. The highest BCUT2D eigenvalue weighted by molar-refractivity contribution is 6.30. The van der Waals surface area contributed by atoms with Crippen molar-refractivity contribution in [2.75, 3.05) is 11.9 Å². The third-order valence-electron chi connectivity index (χ3n) is 2.29. The molecule has 7 heteroatoms. The van der Waals surface area contributed by atoms with Crippen LogP contribution in [-0.2, 0) is 12.8 Å². The van der Waals surface area contributed by atoms with Crippen molar-refractivity contribution in [1.29, 1.82) is 0 Å². The lowest BCUT2D eigenvalue weighted by molar-refractivity contribution is 0.410.